The molecule has 0 radical (unpaired) electrons. The zero-order chi connectivity index (χ0) is 22.2. The highest BCUT2D eigenvalue weighted by Gasteiger charge is 2.37. The number of hydrogen-bond donors (Lipinski definition) is 2. The number of halogens is 2. The molecule has 0 saturated carbocycles. The van der Waals surface area contributed by atoms with E-state index in [2.05, 4.69) is 10.6 Å². The molecule has 0 aliphatic carbocycles. The summed E-state index contributed by atoms with van der Waals surface area (Å²) in [5.41, 5.74) is -1.50. The lowest BCUT2D eigenvalue weighted by Gasteiger charge is -2.42. The number of nitriles is 1. The van der Waals surface area contributed by atoms with Crippen molar-refractivity contribution in [2.45, 2.75) is 51.2 Å². The minimum absolute atomic E-state index is 0.0334. The van der Waals surface area contributed by atoms with E-state index >= 15 is 4.39 Å². The van der Waals surface area contributed by atoms with Crippen LogP contribution in [0.25, 0.3) is 0 Å². The van der Waals surface area contributed by atoms with Crippen LogP contribution in [0.5, 0.6) is 0 Å². The smallest absolute Gasteiger partial charge is 0.407 e. The molecular formula is C20H22F2N4O4. The van der Waals surface area contributed by atoms with Crippen molar-refractivity contribution in [3.63, 3.8) is 0 Å². The Hall–Kier alpha value is -3.22. The first kappa shape index (κ1) is 21.5. The molecule has 3 rings (SSSR count). The van der Waals surface area contributed by atoms with Crippen molar-refractivity contribution in [1.82, 2.24) is 10.6 Å². The topological polar surface area (TPSA) is 112 Å². The van der Waals surface area contributed by atoms with E-state index in [1.807, 2.05) is 0 Å². The number of anilines is 1. The average Bonchev–Trinajstić information content (AvgIpc) is 2.57. The van der Waals surface area contributed by atoms with Gasteiger partial charge in [0.15, 0.2) is 0 Å². The molecule has 0 bridgehead atoms. The average molecular weight is 420 g/mol. The number of nitrogens with one attached hydrogen (secondary N) is 2. The number of hydrogen-bond acceptors (Lipinski definition) is 6. The van der Waals surface area contributed by atoms with Crippen molar-refractivity contribution < 1.29 is 27.9 Å². The second kappa shape index (κ2) is 7.89. The van der Waals surface area contributed by atoms with E-state index in [0.717, 1.165) is 6.07 Å². The van der Waals surface area contributed by atoms with Crippen molar-refractivity contribution in [2.24, 2.45) is 0 Å². The van der Waals surface area contributed by atoms with E-state index in [4.69, 9.17) is 4.74 Å². The maximum absolute atomic E-state index is 15.0. The molecule has 1 atom stereocenters. The van der Waals surface area contributed by atoms with E-state index in [0.29, 0.717) is 0 Å². The molecule has 2 saturated heterocycles. The van der Waals surface area contributed by atoms with Crippen LogP contribution in [0.3, 0.4) is 0 Å². The Bertz CT molecular complexity index is 946. The van der Waals surface area contributed by atoms with Crippen molar-refractivity contribution >= 4 is 23.6 Å². The summed E-state index contributed by atoms with van der Waals surface area (Å²) in [6, 6.07) is 2.46. The zero-order valence-corrected chi connectivity index (χ0v) is 16.8. The Labute approximate surface area is 172 Å². The Balaban J connectivity index is 1.77. The van der Waals surface area contributed by atoms with Gasteiger partial charge in [0.1, 0.15) is 28.9 Å². The summed E-state index contributed by atoms with van der Waals surface area (Å²) in [5, 5.41) is 14.2. The van der Waals surface area contributed by atoms with Gasteiger partial charge in [0.25, 0.3) is 0 Å². The maximum Gasteiger partial charge on any atom is 0.407 e. The van der Waals surface area contributed by atoms with Crippen molar-refractivity contribution in [3.8, 4) is 6.07 Å². The number of amides is 3. The van der Waals surface area contributed by atoms with Crippen LogP contribution in [0.4, 0.5) is 19.3 Å². The molecule has 1 aromatic carbocycles. The lowest BCUT2D eigenvalue weighted by Crippen LogP contribution is -2.60. The molecule has 1 unspecified atom stereocenters. The van der Waals surface area contributed by atoms with Crippen LogP contribution < -0.4 is 15.5 Å². The molecule has 2 aliphatic rings. The Morgan fingerprint density at radius 1 is 1.33 bits per heavy atom. The van der Waals surface area contributed by atoms with E-state index in [9.17, 15) is 24.0 Å². The molecule has 2 heterocycles. The Morgan fingerprint density at radius 3 is 2.57 bits per heavy atom. The van der Waals surface area contributed by atoms with E-state index < -0.39 is 46.6 Å². The van der Waals surface area contributed by atoms with Gasteiger partial charge < -0.3 is 15.0 Å². The molecule has 2 N–H and O–H groups in total. The summed E-state index contributed by atoms with van der Waals surface area (Å²) >= 11 is 0. The number of carbonyl (C=O) groups is 3. The number of benzene rings is 1. The molecule has 2 fully saturated rings. The molecule has 30 heavy (non-hydrogen) atoms. The summed E-state index contributed by atoms with van der Waals surface area (Å²) in [4.78, 5) is 36.7. The van der Waals surface area contributed by atoms with Crippen LogP contribution >= 0.6 is 0 Å². The van der Waals surface area contributed by atoms with Gasteiger partial charge in [0.05, 0.1) is 17.6 Å². The van der Waals surface area contributed by atoms with Gasteiger partial charge in [0.2, 0.25) is 11.8 Å². The molecule has 0 aromatic heterocycles. The second-order valence-electron chi connectivity index (χ2n) is 8.34. The fraction of sp³-hybridized carbons (Fsp3) is 0.500. The molecule has 3 amide bonds. The van der Waals surface area contributed by atoms with Gasteiger partial charge in [-0.25, -0.2) is 13.6 Å². The van der Waals surface area contributed by atoms with Crippen LogP contribution in [0, 0.1) is 23.0 Å². The van der Waals surface area contributed by atoms with Gasteiger partial charge in [0, 0.05) is 25.1 Å². The van der Waals surface area contributed by atoms with Gasteiger partial charge in [-0.05, 0) is 33.3 Å². The molecule has 160 valence electrons. The van der Waals surface area contributed by atoms with Gasteiger partial charge in [-0.15, -0.1) is 0 Å². The standard InChI is InChI=1S/C20H22F2N4O4/c1-20(2,3)30-19(29)24-10-8-26(9-10)14-6-13(21)16(17(22)12(14)7-23)11-4-5-15(27)25-18(11)28/h6,10-11H,4-5,8-9H2,1-3H3,(H,24,29)(H,25,27,28). The quantitative estimate of drug-likeness (QED) is 0.724. The minimum atomic E-state index is -1.18. The third kappa shape index (κ3) is 4.35. The van der Waals surface area contributed by atoms with Crippen molar-refractivity contribution in [2.75, 3.05) is 18.0 Å². The Kier molecular flexibility index (Phi) is 5.65. The van der Waals surface area contributed by atoms with Crippen molar-refractivity contribution in [3.05, 3.63) is 28.8 Å². The number of piperidine rings is 1. The monoisotopic (exact) mass is 420 g/mol. The number of carbonyl (C=O) groups excluding carboxylic acids is 3. The molecule has 0 spiro atoms. The van der Waals surface area contributed by atoms with Crippen LogP contribution in [-0.4, -0.2) is 42.6 Å². The molecular weight excluding hydrogens is 398 g/mol. The number of rotatable bonds is 3. The lowest BCUT2D eigenvalue weighted by atomic mass is 9.88. The van der Waals surface area contributed by atoms with Gasteiger partial charge >= 0.3 is 6.09 Å². The van der Waals surface area contributed by atoms with Crippen LogP contribution in [0.1, 0.15) is 50.7 Å². The first-order valence-electron chi connectivity index (χ1n) is 9.50. The fourth-order valence-corrected chi connectivity index (χ4v) is 3.51. The van der Waals surface area contributed by atoms with Gasteiger partial charge in [-0.2, -0.15) is 5.26 Å². The van der Waals surface area contributed by atoms with Crippen LogP contribution in [0.2, 0.25) is 0 Å². The predicted octanol–water partition coefficient (Wildman–Crippen LogP) is 2.07. The van der Waals surface area contributed by atoms with Crippen LogP contribution in [0.15, 0.2) is 6.07 Å². The number of ether oxygens (including phenoxy) is 1. The van der Waals surface area contributed by atoms with Crippen LogP contribution in [-0.2, 0) is 14.3 Å². The first-order chi connectivity index (χ1) is 14.0. The highest BCUT2D eigenvalue weighted by molar-refractivity contribution is 6.01. The Morgan fingerprint density at radius 2 is 2.00 bits per heavy atom. The lowest BCUT2D eigenvalue weighted by molar-refractivity contribution is -0.134. The first-order valence-corrected chi connectivity index (χ1v) is 9.50. The zero-order valence-electron chi connectivity index (χ0n) is 16.8. The highest BCUT2D eigenvalue weighted by Crippen LogP contribution is 2.36. The summed E-state index contributed by atoms with van der Waals surface area (Å²) in [5.74, 6) is -4.53. The largest absolute Gasteiger partial charge is 0.444 e. The number of nitrogens with zero attached hydrogens (tertiary/aromatic N) is 2. The highest BCUT2D eigenvalue weighted by atomic mass is 19.1. The second-order valence-corrected chi connectivity index (χ2v) is 8.34. The molecule has 10 heteroatoms. The molecule has 8 nitrogen and oxygen atoms in total. The minimum Gasteiger partial charge on any atom is -0.444 e. The predicted molar refractivity (Wildman–Crippen MR) is 102 cm³/mol. The number of imide groups is 1. The number of alkyl carbamates (subject to hydrolysis) is 1. The SMILES string of the molecule is CC(C)(C)OC(=O)NC1CN(c2cc(F)c(C3CCC(=O)NC3=O)c(F)c2C#N)C1. The summed E-state index contributed by atoms with van der Waals surface area (Å²) in [6.45, 7) is 5.67. The van der Waals surface area contributed by atoms with E-state index in [1.54, 1.807) is 31.7 Å². The normalized spacial score (nSPS) is 19.6. The van der Waals surface area contributed by atoms with E-state index in [1.165, 1.54) is 0 Å². The van der Waals surface area contributed by atoms with Gasteiger partial charge in [-0.3, -0.25) is 14.9 Å². The summed E-state index contributed by atoms with van der Waals surface area (Å²) < 4.78 is 35.0. The fourth-order valence-electron chi connectivity index (χ4n) is 3.51. The molecule has 2 aliphatic heterocycles. The van der Waals surface area contributed by atoms with Crippen molar-refractivity contribution in [1.29, 1.82) is 5.26 Å². The summed E-state index contributed by atoms with van der Waals surface area (Å²) in [6.07, 6.45) is -0.671. The third-order valence-electron chi connectivity index (χ3n) is 4.88. The maximum atomic E-state index is 15.0. The molecule has 1 aromatic rings. The summed E-state index contributed by atoms with van der Waals surface area (Å²) in [7, 11) is 0. The van der Waals surface area contributed by atoms with E-state index in [-0.39, 0.29) is 43.2 Å². The third-order valence-corrected chi connectivity index (χ3v) is 4.88. The van der Waals surface area contributed by atoms with Gasteiger partial charge in [-0.1, -0.05) is 0 Å².